The molecule has 9 nitrogen and oxygen atoms in total. The molecule has 0 aliphatic carbocycles. The van der Waals surface area contributed by atoms with E-state index in [4.69, 9.17) is 15.5 Å². The number of carbonyl (C=O) groups excluding carboxylic acids is 2. The highest BCUT2D eigenvalue weighted by Gasteiger charge is 2.21. The van der Waals surface area contributed by atoms with Crippen molar-refractivity contribution in [2.24, 2.45) is 10.7 Å². The summed E-state index contributed by atoms with van der Waals surface area (Å²) in [6.45, 7) is 10.8. The van der Waals surface area contributed by atoms with E-state index in [1.807, 2.05) is 39.0 Å². The molecule has 2 amide bonds. The maximum atomic E-state index is 12.0. The zero-order valence-electron chi connectivity index (χ0n) is 18.2. The Morgan fingerprint density at radius 2 is 1.97 bits per heavy atom. The van der Waals surface area contributed by atoms with Gasteiger partial charge in [0.15, 0.2) is 12.6 Å². The van der Waals surface area contributed by atoms with Crippen molar-refractivity contribution in [1.82, 2.24) is 20.4 Å². The topological polar surface area (TPSA) is 112 Å². The summed E-state index contributed by atoms with van der Waals surface area (Å²) in [5, 5.41) is 6.28. The Morgan fingerprint density at radius 1 is 1.23 bits per heavy atom. The molecule has 0 atom stereocenters. The monoisotopic (exact) mass is 418 g/mol. The molecular weight excluding hydrogens is 384 g/mol. The summed E-state index contributed by atoms with van der Waals surface area (Å²) in [5.74, 6) is 1.01. The Hall–Kier alpha value is -2.81. The van der Waals surface area contributed by atoms with Crippen LogP contribution in [0.25, 0.3) is 0 Å². The van der Waals surface area contributed by atoms with Gasteiger partial charge in [-0.15, -0.1) is 0 Å². The fraction of sp³-hybridized carbons (Fsp3) is 0.571. The number of hydrogen-bond donors (Lipinski definition) is 3. The minimum atomic E-state index is -0.506. The van der Waals surface area contributed by atoms with Crippen molar-refractivity contribution in [3.8, 4) is 5.75 Å². The molecular formula is C21H34N6O3. The second-order valence-corrected chi connectivity index (χ2v) is 7.56. The van der Waals surface area contributed by atoms with E-state index in [-0.39, 0.29) is 18.6 Å². The van der Waals surface area contributed by atoms with Gasteiger partial charge in [-0.05, 0) is 38.5 Å². The van der Waals surface area contributed by atoms with Gasteiger partial charge in [-0.25, -0.2) is 4.99 Å². The molecule has 0 saturated carbocycles. The van der Waals surface area contributed by atoms with Gasteiger partial charge in [0.2, 0.25) is 5.91 Å². The summed E-state index contributed by atoms with van der Waals surface area (Å²) in [4.78, 5) is 32.0. The molecule has 2 rings (SSSR count). The fourth-order valence-electron chi connectivity index (χ4n) is 3.17. The van der Waals surface area contributed by atoms with Crippen LogP contribution in [-0.4, -0.2) is 79.5 Å². The first-order valence-corrected chi connectivity index (χ1v) is 10.4. The number of ether oxygens (including phenoxy) is 1. The molecule has 166 valence electrons. The average molecular weight is 419 g/mol. The van der Waals surface area contributed by atoms with Gasteiger partial charge in [0, 0.05) is 38.8 Å². The number of benzene rings is 1. The predicted octanol–water partition coefficient (Wildman–Crippen LogP) is 0.158. The summed E-state index contributed by atoms with van der Waals surface area (Å²) in [6.07, 6.45) is 0. The number of guanidine groups is 1. The highest BCUT2D eigenvalue weighted by atomic mass is 16.5. The van der Waals surface area contributed by atoms with Gasteiger partial charge in [0.1, 0.15) is 5.75 Å². The van der Waals surface area contributed by atoms with Crippen LogP contribution in [0.15, 0.2) is 29.3 Å². The highest BCUT2D eigenvalue weighted by Crippen LogP contribution is 2.14. The van der Waals surface area contributed by atoms with Crippen LogP contribution in [0.2, 0.25) is 0 Å². The SMILES string of the molecule is CCNC(=NCc1cccc(OCC(N)=O)c1)N1CCN(CC(=O)NC(C)C)CC1. The zero-order valence-corrected chi connectivity index (χ0v) is 18.2. The molecule has 1 aliphatic heterocycles. The Morgan fingerprint density at radius 3 is 2.60 bits per heavy atom. The largest absolute Gasteiger partial charge is 0.484 e. The number of primary amides is 1. The van der Waals surface area contributed by atoms with E-state index in [9.17, 15) is 9.59 Å². The predicted molar refractivity (Wildman–Crippen MR) is 117 cm³/mol. The molecule has 0 spiro atoms. The molecule has 1 aromatic rings. The molecule has 9 heteroatoms. The van der Waals surface area contributed by atoms with Crippen molar-refractivity contribution in [3.63, 3.8) is 0 Å². The van der Waals surface area contributed by atoms with Crippen LogP contribution < -0.4 is 21.1 Å². The molecule has 30 heavy (non-hydrogen) atoms. The van der Waals surface area contributed by atoms with Crippen LogP contribution >= 0.6 is 0 Å². The molecule has 1 heterocycles. The van der Waals surface area contributed by atoms with Crippen LogP contribution in [0.3, 0.4) is 0 Å². The first kappa shape index (κ1) is 23.5. The van der Waals surface area contributed by atoms with Crippen molar-refractivity contribution in [2.45, 2.75) is 33.4 Å². The van der Waals surface area contributed by atoms with Crippen molar-refractivity contribution in [2.75, 3.05) is 45.9 Å². The van der Waals surface area contributed by atoms with Crippen LogP contribution in [0.1, 0.15) is 26.3 Å². The van der Waals surface area contributed by atoms with Crippen molar-refractivity contribution in [3.05, 3.63) is 29.8 Å². The normalized spacial score (nSPS) is 15.2. The van der Waals surface area contributed by atoms with Gasteiger partial charge in [-0.1, -0.05) is 12.1 Å². The van der Waals surface area contributed by atoms with Gasteiger partial charge < -0.3 is 26.0 Å². The third-order valence-corrected chi connectivity index (χ3v) is 4.51. The lowest BCUT2D eigenvalue weighted by Gasteiger charge is -2.36. The molecule has 1 aromatic carbocycles. The standard InChI is InChI=1S/C21H34N6O3/c1-4-23-21(24-13-17-6-5-7-18(12-17)30-15-19(22)28)27-10-8-26(9-11-27)14-20(29)25-16(2)3/h5-7,12,16H,4,8-11,13-15H2,1-3H3,(H2,22,28)(H,23,24)(H,25,29). The van der Waals surface area contributed by atoms with Crippen LogP contribution in [0.4, 0.5) is 0 Å². The van der Waals surface area contributed by atoms with Gasteiger partial charge in [-0.3, -0.25) is 14.5 Å². The number of hydrogen-bond acceptors (Lipinski definition) is 5. The minimum Gasteiger partial charge on any atom is -0.484 e. The van der Waals surface area contributed by atoms with Gasteiger partial charge >= 0.3 is 0 Å². The van der Waals surface area contributed by atoms with E-state index in [0.29, 0.717) is 18.8 Å². The van der Waals surface area contributed by atoms with Crippen LogP contribution in [0, 0.1) is 0 Å². The lowest BCUT2D eigenvalue weighted by molar-refractivity contribution is -0.123. The van der Waals surface area contributed by atoms with Crippen LogP contribution in [-0.2, 0) is 16.1 Å². The summed E-state index contributed by atoms with van der Waals surface area (Å²) >= 11 is 0. The lowest BCUT2D eigenvalue weighted by atomic mass is 10.2. The number of piperazine rings is 1. The quantitative estimate of drug-likeness (QED) is 0.389. The van der Waals surface area contributed by atoms with Crippen molar-refractivity contribution in [1.29, 1.82) is 0 Å². The van der Waals surface area contributed by atoms with E-state index in [2.05, 4.69) is 20.4 Å². The first-order chi connectivity index (χ1) is 14.4. The molecule has 0 aromatic heterocycles. The average Bonchev–Trinajstić information content (AvgIpc) is 2.70. The smallest absolute Gasteiger partial charge is 0.255 e. The Bertz CT molecular complexity index is 729. The zero-order chi connectivity index (χ0) is 21.9. The number of amides is 2. The van der Waals surface area contributed by atoms with Gasteiger partial charge in [0.05, 0.1) is 13.1 Å². The Labute approximate surface area is 178 Å². The summed E-state index contributed by atoms with van der Waals surface area (Å²) in [7, 11) is 0. The number of nitrogens with zero attached hydrogens (tertiary/aromatic N) is 3. The van der Waals surface area contributed by atoms with Crippen LogP contribution in [0.5, 0.6) is 5.75 Å². The van der Waals surface area contributed by atoms with Gasteiger partial charge in [-0.2, -0.15) is 0 Å². The first-order valence-electron chi connectivity index (χ1n) is 10.4. The van der Waals surface area contributed by atoms with Gasteiger partial charge in [0.25, 0.3) is 5.91 Å². The van der Waals surface area contributed by atoms with E-state index in [1.54, 1.807) is 6.07 Å². The van der Waals surface area contributed by atoms with E-state index >= 15 is 0 Å². The number of rotatable bonds is 9. The van der Waals surface area contributed by atoms with E-state index in [0.717, 1.165) is 44.2 Å². The molecule has 1 saturated heterocycles. The maximum Gasteiger partial charge on any atom is 0.255 e. The van der Waals surface area contributed by atoms with E-state index in [1.165, 1.54) is 0 Å². The third kappa shape index (κ3) is 8.28. The van der Waals surface area contributed by atoms with Crippen molar-refractivity contribution < 1.29 is 14.3 Å². The molecule has 1 fully saturated rings. The second-order valence-electron chi connectivity index (χ2n) is 7.56. The molecule has 0 radical (unpaired) electrons. The number of nitrogens with one attached hydrogen (secondary N) is 2. The van der Waals surface area contributed by atoms with Crippen molar-refractivity contribution >= 4 is 17.8 Å². The Balaban J connectivity index is 1.91. The third-order valence-electron chi connectivity index (χ3n) is 4.51. The molecule has 0 unspecified atom stereocenters. The Kier molecular flexibility index (Phi) is 9.40. The lowest BCUT2D eigenvalue weighted by Crippen LogP contribution is -2.54. The summed E-state index contributed by atoms with van der Waals surface area (Å²) in [6, 6.07) is 7.65. The molecule has 4 N–H and O–H groups in total. The second kappa shape index (κ2) is 12.0. The molecule has 1 aliphatic rings. The minimum absolute atomic E-state index is 0.0671. The molecule has 0 bridgehead atoms. The highest BCUT2D eigenvalue weighted by molar-refractivity contribution is 5.80. The summed E-state index contributed by atoms with van der Waals surface area (Å²) in [5.41, 5.74) is 6.11. The maximum absolute atomic E-state index is 12.0. The summed E-state index contributed by atoms with van der Waals surface area (Å²) < 4.78 is 5.36. The fourth-order valence-corrected chi connectivity index (χ4v) is 3.17. The van der Waals surface area contributed by atoms with E-state index < -0.39 is 5.91 Å². The number of nitrogens with two attached hydrogens (primary N) is 1. The number of carbonyl (C=O) groups is 2. The number of aliphatic imine (C=N–C) groups is 1.